The maximum Gasteiger partial charge on any atom is 0.410 e. The van der Waals surface area contributed by atoms with Crippen molar-refractivity contribution in [2.45, 2.75) is 39.5 Å². The molecule has 1 aliphatic heterocycles. The molecule has 0 bridgehead atoms. The van der Waals surface area contributed by atoms with Gasteiger partial charge < -0.3 is 9.47 Å². The maximum atomic E-state index is 12.1. The van der Waals surface area contributed by atoms with E-state index in [-0.39, 0.29) is 12.7 Å². The zero-order valence-electron chi connectivity index (χ0n) is 13.2. The predicted octanol–water partition coefficient (Wildman–Crippen LogP) is 3.28. The van der Waals surface area contributed by atoms with Gasteiger partial charge in [-0.1, -0.05) is 18.7 Å². The van der Waals surface area contributed by atoms with Gasteiger partial charge in [-0.05, 0) is 44.0 Å². The number of carbonyl (C=O) groups is 2. The van der Waals surface area contributed by atoms with Crippen molar-refractivity contribution in [3.8, 4) is 0 Å². The smallest absolute Gasteiger partial charge is 0.410 e. The summed E-state index contributed by atoms with van der Waals surface area (Å²) in [5, 5.41) is 0. The quantitative estimate of drug-likeness (QED) is 0.635. The number of hydrogen-bond acceptors (Lipinski definition) is 4. The van der Waals surface area contributed by atoms with E-state index in [9.17, 15) is 9.59 Å². The maximum absolute atomic E-state index is 12.1. The van der Waals surface area contributed by atoms with Crippen molar-refractivity contribution in [1.29, 1.82) is 0 Å². The molecule has 0 unspecified atom stereocenters. The first-order chi connectivity index (χ1) is 10.3. The van der Waals surface area contributed by atoms with Gasteiger partial charge in [0.15, 0.2) is 0 Å². The molecular formula is C17H21NO4. The highest BCUT2D eigenvalue weighted by atomic mass is 16.6. The second-order valence-corrected chi connectivity index (χ2v) is 6.21. The first kappa shape index (κ1) is 16.1. The highest BCUT2D eigenvalue weighted by molar-refractivity contribution is 5.90. The minimum atomic E-state index is -0.522. The van der Waals surface area contributed by atoms with Crippen molar-refractivity contribution in [2.24, 2.45) is 0 Å². The third kappa shape index (κ3) is 3.87. The van der Waals surface area contributed by atoms with Gasteiger partial charge in [-0.2, -0.15) is 0 Å². The highest BCUT2D eigenvalue weighted by Gasteiger charge is 2.28. The lowest BCUT2D eigenvalue weighted by Gasteiger charge is -2.24. The number of esters is 1. The van der Waals surface area contributed by atoms with Crippen LogP contribution in [0.3, 0.4) is 0 Å². The number of rotatable bonds is 3. The molecule has 22 heavy (non-hydrogen) atoms. The summed E-state index contributed by atoms with van der Waals surface area (Å²) in [6.45, 7) is 10.1. The van der Waals surface area contributed by atoms with Crippen LogP contribution in [0.5, 0.6) is 0 Å². The molecule has 0 N–H and O–H groups in total. The van der Waals surface area contributed by atoms with Crippen molar-refractivity contribution >= 4 is 12.1 Å². The van der Waals surface area contributed by atoms with Crippen LogP contribution in [0, 0.1) is 0 Å². The number of amides is 1. The number of nitrogens with zero attached hydrogens (tertiary/aromatic N) is 1. The molecule has 1 aromatic rings. The van der Waals surface area contributed by atoms with Gasteiger partial charge >= 0.3 is 12.1 Å². The molecule has 0 fully saturated rings. The van der Waals surface area contributed by atoms with E-state index in [1.54, 1.807) is 17.0 Å². The van der Waals surface area contributed by atoms with Crippen LogP contribution in [-0.2, 0) is 22.6 Å². The zero-order chi connectivity index (χ0) is 16.3. The number of fused-ring (bicyclic) bond motifs is 1. The summed E-state index contributed by atoms with van der Waals surface area (Å²) in [6, 6.07) is 5.33. The fourth-order valence-electron chi connectivity index (χ4n) is 2.20. The van der Waals surface area contributed by atoms with Gasteiger partial charge in [-0.25, -0.2) is 9.59 Å². The van der Waals surface area contributed by atoms with Crippen LogP contribution in [0.25, 0.3) is 0 Å². The van der Waals surface area contributed by atoms with Crippen LogP contribution >= 0.6 is 0 Å². The Morgan fingerprint density at radius 2 is 1.95 bits per heavy atom. The van der Waals surface area contributed by atoms with E-state index in [0.717, 1.165) is 11.1 Å². The molecule has 0 saturated heterocycles. The molecule has 0 atom stereocenters. The highest BCUT2D eigenvalue weighted by Crippen LogP contribution is 2.25. The van der Waals surface area contributed by atoms with Gasteiger partial charge in [0, 0.05) is 13.1 Å². The molecule has 118 valence electrons. The normalized spacial score (nSPS) is 13.5. The standard InChI is InChI=1S/C17H21NO4/c1-5-8-21-15(19)12-6-7-13-10-18(11-14(13)9-12)16(20)22-17(2,3)4/h5-7,9H,1,8,10-11H2,2-4H3. The Labute approximate surface area is 130 Å². The summed E-state index contributed by atoms with van der Waals surface area (Å²) in [6.07, 6.45) is 1.18. The van der Waals surface area contributed by atoms with Crippen LogP contribution in [0.1, 0.15) is 42.3 Å². The van der Waals surface area contributed by atoms with E-state index in [0.29, 0.717) is 18.7 Å². The largest absolute Gasteiger partial charge is 0.458 e. The van der Waals surface area contributed by atoms with Crippen LogP contribution in [0.15, 0.2) is 30.9 Å². The van der Waals surface area contributed by atoms with Gasteiger partial charge in [0.25, 0.3) is 0 Å². The van der Waals surface area contributed by atoms with E-state index in [2.05, 4.69) is 6.58 Å². The summed E-state index contributed by atoms with van der Waals surface area (Å²) in [4.78, 5) is 25.5. The average molecular weight is 303 g/mol. The summed E-state index contributed by atoms with van der Waals surface area (Å²) in [5.41, 5.74) is 1.92. The monoisotopic (exact) mass is 303 g/mol. The Balaban J connectivity index is 2.06. The van der Waals surface area contributed by atoms with E-state index in [1.807, 2.05) is 26.8 Å². The molecule has 0 radical (unpaired) electrons. The van der Waals surface area contributed by atoms with Crippen molar-refractivity contribution in [3.63, 3.8) is 0 Å². The molecule has 5 nitrogen and oxygen atoms in total. The van der Waals surface area contributed by atoms with Crippen molar-refractivity contribution < 1.29 is 19.1 Å². The van der Waals surface area contributed by atoms with Crippen LogP contribution in [0.4, 0.5) is 4.79 Å². The fourth-order valence-corrected chi connectivity index (χ4v) is 2.20. The summed E-state index contributed by atoms with van der Waals surface area (Å²) < 4.78 is 10.4. The van der Waals surface area contributed by atoms with E-state index < -0.39 is 11.6 Å². The second-order valence-electron chi connectivity index (χ2n) is 6.21. The Morgan fingerprint density at radius 3 is 2.59 bits per heavy atom. The van der Waals surface area contributed by atoms with Gasteiger partial charge in [-0.15, -0.1) is 0 Å². The SMILES string of the molecule is C=CCOC(=O)c1ccc2c(c1)CN(C(=O)OC(C)(C)C)C2. The number of ether oxygens (including phenoxy) is 2. The molecule has 5 heteroatoms. The molecule has 1 heterocycles. The number of hydrogen-bond donors (Lipinski definition) is 0. The third-order valence-electron chi connectivity index (χ3n) is 3.15. The first-order valence-corrected chi connectivity index (χ1v) is 7.18. The van der Waals surface area contributed by atoms with E-state index in [4.69, 9.17) is 9.47 Å². The first-order valence-electron chi connectivity index (χ1n) is 7.18. The molecule has 1 aliphatic rings. The molecule has 0 aliphatic carbocycles. The zero-order valence-corrected chi connectivity index (χ0v) is 13.2. The summed E-state index contributed by atoms with van der Waals surface area (Å²) in [5.74, 6) is -0.390. The van der Waals surface area contributed by atoms with Gasteiger partial charge in [0.05, 0.1) is 5.56 Å². The molecule has 0 aromatic heterocycles. The molecule has 1 aromatic carbocycles. The lowest BCUT2D eigenvalue weighted by atomic mass is 10.1. The molecule has 0 spiro atoms. The minimum absolute atomic E-state index is 0.181. The minimum Gasteiger partial charge on any atom is -0.458 e. The summed E-state index contributed by atoms with van der Waals surface area (Å²) >= 11 is 0. The number of carbonyl (C=O) groups excluding carboxylic acids is 2. The fraction of sp³-hybridized carbons (Fsp3) is 0.412. The Morgan fingerprint density at radius 1 is 1.27 bits per heavy atom. The van der Waals surface area contributed by atoms with Crippen LogP contribution in [-0.4, -0.2) is 29.2 Å². The molecule has 2 rings (SSSR count). The van der Waals surface area contributed by atoms with E-state index in [1.165, 1.54) is 6.08 Å². The van der Waals surface area contributed by atoms with Crippen LogP contribution < -0.4 is 0 Å². The van der Waals surface area contributed by atoms with Crippen molar-refractivity contribution in [2.75, 3.05) is 6.61 Å². The second kappa shape index (κ2) is 6.22. The summed E-state index contributed by atoms with van der Waals surface area (Å²) in [7, 11) is 0. The Kier molecular flexibility index (Phi) is 4.54. The van der Waals surface area contributed by atoms with E-state index >= 15 is 0 Å². The Bertz CT molecular complexity index is 601. The number of benzene rings is 1. The van der Waals surface area contributed by atoms with Crippen molar-refractivity contribution in [1.82, 2.24) is 4.90 Å². The molecule has 0 saturated carbocycles. The third-order valence-corrected chi connectivity index (χ3v) is 3.15. The molecule has 1 amide bonds. The average Bonchev–Trinajstić information content (AvgIpc) is 2.86. The van der Waals surface area contributed by atoms with Gasteiger partial charge in [0.1, 0.15) is 12.2 Å². The molecular weight excluding hydrogens is 282 g/mol. The van der Waals surface area contributed by atoms with Gasteiger partial charge in [-0.3, -0.25) is 4.90 Å². The van der Waals surface area contributed by atoms with Crippen molar-refractivity contribution in [3.05, 3.63) is 47.5 Å². The topological polar surface area (TPSA) is 55.8 Å². The lowest BCUT2D eigenvalue weighted by Crippen LogP contribution is -2.33. The Hall–Kier alpha value is -2.30. The predicted molar refractivity (Wildman–Crippen MR) is 82.4 cm³/mol. The van der Waals surface area contributed by atoms with Crippen LogP contribution in [0.2, 0.25) is 0 Å². The lowest BCUT2D eigenvalue weighted by molar-refractivity contribution is 0.0241. The van der Waals surface area contributed by atoms with Gasteiger partial charge in [0.2, 0.25) is 0 Å².